The molecule has 2 aromatic rings. The molecule has 2 rings (SSSR count). The number of methoxy groups -OCH3 is 1. The summed E-state index contributed by atoms with van der Waals surface area (Å²) in [4.78, 5) is 11.4. The second kappa shape index (κ2) is 7.18. The third kappa shape index (κ3) is 4.15. The standard InChI is InChI=1S/C17H17ClO4/c1-11-3-6-13(7-4-11)22-16(17(19)20)10-12-5-8-15(21-2)14(18)9-12/h3-9,16H,10H2,1-2H3,(H,19,20)/t16-/m1/s1. The lowest BCUT2D eigenvalue weighted by molar-refractivity contribution is -0.145. The molecule has 0 aliphatic rings. The molecule has 2 aromatic carbocycles. The van der Waals surface area contributed by atoms with Crippen LogP contribution in [0.15, 0.2) is 42.5 Å². The van der Waals surface area contributed by atoms with Crippen LogP contribution < -0.4 is 9.47 Å². The molecule has 1 atom stereocenters. The summed E-state index contributed by atoms with van der Waals surface area (Å²) >= 11 is 6.06. The van der Waals surface area contributed by atoms with E-state index >= 15 is 0 Å². The fourth-order valence-electron chi connectivity index (χ4n) is 2.01. The van der Waals surface area contributed by atoms with Gasteiger partial charge in [0.1, 0.15) is 11.5 Å². The molecule has 0 aliphatic carbocycles. The summed E-state index contributed by atoms with van der Waals surface area (Å²) in [5, 5.41) is 9.78. The summed E-state index contributed by atoms with van der Waals surface area (Å²) in [6.45, 7) is 1.96. The van der Waals surface area contributed by atoms with Crippen molar-refractivity contribution in [3.8, 4) is 11.5 Å². The van der Waals surface area contributed by atoms with Crippen LogP contribution in [-0.2, 0) is 11.2 Å². The minimum atomic E-state index is -1.02. The average Bonchev–Trinajstić information content (AvgIpc) is 2.49. The Morgan fingerprint density at radius 3 is 2.45 bits per heavy atom. The lowest BCUT2D eigenvalue weighted by atomic mass is 10.1. The molecule has 0 saturated carbocycles. The first kappa shape index (κ1) is 16.2. The number of carboxylic acid groups (broad SMARTS) is 1. The summed E-state index contributed by atoms with van der Waals surface area (Å²) in [6, 6.07) is 12.4. The second-order valence-corrected chi connectivity index (χ2v) is 5.34. The van der Waals surface area contributed by atoms with Gasteiger partial charge in [0.25, 0.3) is 0 Å². The molecule has 0 bridgehead atoms. The maximum absolute atomic E-state index is 11.4. The van der Waals surface area contributed by atoms with E-state index < -0.39 is 12.1 Å². The molecule has 0 aromatic heterocycles. The molecule has 4 nitrogen and oxygen atoms in total. The van der Waals surface area contributed by atoms with Crippen molar-refractivity contribution < 1.29 is 19.4 Å². The van der Waals surface area contributed by atoms with E-state index in [2.05, 4.69) is 0 Å². The molecule has 0 heterocycles. The number of benzene rings is 2. The first-order chi connectivity index (χ1) is 10.5. The minimum absolute atomic E-state index is 0.215. The Bertz CT molecular complexity index is 652. The fourth-order valence-corrected chi connectivity index (χ4v) is 2.29. The number of hydrogen-bond donors (Lipinski definition) is 1. The monoisotopic (exact) mass is 320 g/mol. The summed E-state index contributed by atoms with van der Waals surface area (Å²) in [5.41, 5.74) is 1.85. The van der Waals surface area contributed by atoms with Gasteiger partial charge in [-0.3, -0.25) is 0 Å². The number of rotatable bonds is 6. The Morgan fingerprint density at radius 2 is 1.91 bits per heavy atom. The van der Waals surface area contributed by atoms with Crippen LogP contribution in [0.2, 0.25) is 5.02 Å². The first-order valence-electron chi connectivity index (χ1n) is 6.78. The summed E-state index contributed by atoms with van der Waals surface area (Å²) in [7, 11) is 1.53. The number of halogens is 1. The van der Waals surface area contributed by atoms with E-state index in [0.29, 0.717) is 16.5 Å². The quantitative estimate of drug-likeness (QED) is 0.881. The van der Waals surface area contributed by atoms with Gasteiger partial charge in [-0.05, 0) is 36.8 Å². The predicted molar refractivity (Wildman–Crippen MR) is 84.9 cm³/mol. The van der Waals surface area contributed by atoms with Crippen molar-refractivity contribution in [2.24, 2.45) is 0 Å². The van der Waals surface area contributed by atoms with Gasteiger partial charge in [0.15, 0.2) is 6.10 Å². The SMILES string of the molecule is COc1ccc(C[C@@H](Oc2ccc(C)cc2)C(=O)O)cc1Cl. The van der Waals surface area contributed by atoms with Gasteiger partial charge in [0.2, 0.25) is 0 Å². The third-order valence-corrected chi connectivity index (χ3v) is 3.51. The molecular weight excluding hydrogens is 304 g/mol. The van der Waals surface area contributed by atoms with E-state index in [1.807, 2.05) is 19.1 Å². The highest BCUT2D eigenvalue weighted by atomic mass is 35.5. The van der Waals surface area contributed by atoms with Gasteiger partial charge in [0, 0.05) is 6.42 Å². The van der Waals surface area contributed by atoms with E-state index in [1.165, 1.54) is 7.11 Å². The number of aryl methyl sites for hydroxylation is 1. The van der Waals surface area contributed by atoms with Crippen molar-refractivity contribution in [2.75, 3.05) is 7.11 Å². The van der Waals surface area contributed by atoms with E-state index in [1.54, 1.807) is 30.3 Å². The van der Waals surface area contributed by atoms with E-state index in [4.69, 9.17) is 21.1 Å². The molecule has 0 unspecified atom stereocenters. The van der Waals surface area contributed by atoms with Gasteiger partial charge in [-0.1, -0.05) is 35.4 Å². The molecule has 0 radical (unpaired) electrons. The van der Waals surface area contributed by atoms with E-state index in [9.17, 15) is 9.90 Å². The summed E-state index contributed by atoms with van der Waals surface area (Å²) in [5.74, 6) is 0.0573. The van der Waals surface area contributed by atoms with Crippen LogP contribution in [0.3, 0.4) is 0 Å². The summed E-state index contributed by atoms with van der Waals surface area (Å²) < 4.78 is 10.6. The number of carbonyl (C=O) groups is 1. The lowest BCUT2D eigenvalue weighted by Gasteiger charge is -2.16. The number of ether oxygens (including phenoxy) is 2. The van der Waals surface area contributed by atoms with Gasteiger partial charge < -0.3 is 14.6 Å². The molecule has 0 fully saturated rings. The van der Waals surface area contributed by atoms with Crippen LogP contribution >= 0.6 is 11.6 Å². The Morgan fingerprint density at radius 1 is 1.23 bits per heavy atom. The number of aliphatic carboxylic acids is 1. The molecule has 1 N–H and O–H groups in total. The zero-order valence-corrected chi connectivity index (χ0v) is 13.1. The molecule has 0 saturated heterocycles. The van der Waals surface area contributed by atoms with Gasteiger partial charge in [0.05, 0.1) is 12.1 Å². The third-order valence-electron chi connectivity index (χ3n) is 3.21. The Hall–Kier alpha value is -2.20. The van der Waals surface area contributed by atoms with Crippen molar-refractivity contribution in [3.63, 3.8) is 0 Å². The molecule has 116 valence electrons. The molecule has 22 heavy (non-hydrogen) atoms. The fraction of sp³-hybridized carbons (Fsp3) is 0.235. The Balaban J connectivity index is 2.13. The molecular formula is C17H17ClO4. The summed E-state index contributed by atoms with van der Waals surface area (Å²) in [6.07, 6.45) is -0.764. The smallest absolute Gasteiger partial charge is 0.345 e. The van der Waals surface area contributed by atoms with Crippen LogP contribution in [0, 0.1) is 6.92 Å². The molecule has 0 spiro atoms. The zero-order chi connectivity index (χ0) is 16.1. The maximum atomic E-state index is 11.4. The highest BCUT2D eigenvalue weighted by Gasteiger charge is 2.20. The van der Waals surface area contributed by atoms with Crippen molar-refractivity contribution in [3.05, 3.63) is 58.6 Å². The van der Waals surface area contributed by atoms with Crippen LogP contribution in [0.4, 0.5) is 0 Å². The average molecular weight is 321 g/mol. The lowest BCUT2D eigenvalue weighted by Crippen LogP contribution is -2.29. The highest BCUT2D eigenvalue weighted by molar-refractivity contribution is 6.32. The van der Waals surface area contributed by atoms with Crippen LogP contribution in [0.25, 0.3) is 0 Å². The number of carboxylic acids is 1. The topological polar surface area (TPSA) is 55.8 Å². The van der Waals surface area contributed by atoms with Crippen molar-refractivity contribution in [2.45, 2.75) is 19.4 Å². The van der Waals surface area contributed by atoms with Crippen molar-refractivity contribution >= 4 is 17.6 Å². The minimum Gasteiger partial charge on any atom is -0.495 e. The van der Waals surface area contributed by atoms with Crippen molar-refractivity contribution in [1.29, 1.82) is 0 Å². The van der Waals surface area contributed by atoms with Crippen LogP contribution in [0.5, 0.6) is 11.5 Å². The van der Waals surface area contributed by atoms with Gasteiger partial charge in [-0.2, -0.15) is 0 Å². The largest absolute Gasteiger partial charge is 0.495 e. The Labute approximate surface area is 134 Å². The molecule has 0 amide bonds. The van der Waals surface area contributed by atoms with Gasteiger partial charge in [-0.25, -0.2) is 4.79 Å². The van der Waals surface area contributed by atoms with E-state index in [0.717, 1.165) is 11.1 Å². The molecule has 5 heteroatoms. The first-order valence-corrected chi connectivity index (χ1v) is 7.16. The van der Waals surface area contributed by atoms with Crippen molar-refractivity contribution in [1.82, 2.24) is 0 Å². The van der Waals surface area contributed by atoms with Crippen LogP contribution in [0.1, 0.15) is 11.1 Å². The number of hydrogen-bond acceptors (Lipinski definition) is 3. The Kier molecular flexibility index (Phi) is 5.28. The second-order valence-electron chi connectivity index (χ2n) is 4.93. The zero-order valence-electron chi connectivity index (χ0n) is 12.4. The highest BCUT2D eigenvalue weighted by Crippen LogP contribution is 2.26. The van der Waals surface area contributed by atoms with Crippen LogP contribution in [-0.4, -0.2) is 24.3 Å². The van der Waals surface area contributed by atoms with Gasteiger partial charge in [-0.15, -0.1) is 0 Å². The maximum Gasteiger partial charge on any atom is 0.345 e. The van der Waals surface area contributed by atoms with Gasteiger partial charge >= 0.3 is 5.97 Å². The molecule has 0 aliphatic heterocycles. The normalized spacial score (nSPS) is 11.8. The predicted octanol–water partition coefficient (Wildman–Crippen LogP) is 3.73. The van der Waals surface area contributed by atoms with E-state index in [-0.39, 0.29) is 6.42 Å².